The lowest BCUT2D eigenvalue weighted by Gasteiger charge is -2.15. The second-order valence-corrected chi connectivity index (χ2v) is 4.02. The molecule has 0 aliphatic heterocycles. The summed E-state index contributed by atoms with van der Waals surface area (Å²) in [4.78, 5) is 0. The van der Waals surface area contributed by atoms with Crippen molar-refractivity contribution in [2.45, 2.75) is 25.9 Å². The Labute approximate surface area is 108 Å². The van der Waals surface area contributed by atoms with E-state index in [2.05, 4.69) is 6.92 Å². The first kappa shape index (κ1) is 14.8. The summed E-state index contributed by atoms with van der Waals surface area (Å²) < 4.78 is 15.7. The third kappa shape index (κ3) is 4.20. The van der Waals surface area contributed by atoms with Crippen LogP contribution in [-0.4, -0.2) is 32.5 Å². The average Bonchev–Trinajstić information content (AvgIpc) is 2.42. The summed E-state index contributed by atoms with van der Waals surface area (Å²) >= 11 is 0. The molecule has 4 heteroatoms. The highest BCUT2D eigenvalue weighted by Gasteiger charge is 2.13. The van der Waals surface area contributed by atoms with Crippen molar-refractivity contribution in [3.05, 3.63) is 23.8 Å². The molecule has 1 N–H and O–H groups in total. The highest BCUT2D eigenvalue weighted by molar-refractivity contribution is 5.41. The number of methoxy groups -OCH3 is 2. The predicted molar refractivity (Wildman–Crippen MR) is 70.2 cm³/mol. The van der Waals surface area contributed by atoms with Gasteiger partial charge in [-0.3, -0.25) is 0 Å². The van der Waals surface area contributed by atoms with E-state index >= 15 is 0 Å². The lowest BCUT2D eigenvalue weighted by atomic mass is 10.1. The van der Waals surface area contributed by atoms with Gasteiger partial charge in [-0.25, -0.2) is 0 Å². The molecular formula is C14H22O4. The van der Waals surface area contributed by atoms with Crippen LogP contribution in [0.5, 0.6) is 11.5 Å². The quantitative estimate of drug-likeness (QED) is 0.724. The van der Waals surface area contributed by atoms with E-state index in [9.17, 15) is 5.11 Å². The molecule has 0 saturated carbocycles. The van der Waals surface area contributed by atoms with Crippen LogP contribution in [0.4, 0.5) is 0 Å². The minimum absolute atomic E-state index is 0.546. The normalized spacial score (nSPS) is 12.2. The van der Waals surface area contributed by atoms with Gasteiger partial charge >= 0.3 is 0 Å². The molecule has 0 aliphatic carbocycles. The summed E-state index contributed by atoms with van der Waals surface area (Å²) in [5.41, 5.74) is 0.762. The predicted octanol–water partition coefficient (Wildman–Crippen LogP) is 2.55. The van der Waals surface area contributed by atoms with Gasteiger partial charge in [0.2, 0.25) is 0 Å². The van der Waals surface area contributed by atoms with Crippen LogP contribution in [0.25, 0.3) is 0 Å². The van der Waals surface area contributed by atoms with Gasteiger partial charge in [-0.1, -0.05) is 6.92 Å². The minimum atomic E-state index is -0.581. The third-order valence-electron chi connectivity index (χ3n) is 2.68. The summed E-state index contributed by atoms with van der Waals surface area (Å²) in [5, 5.41) is 10.1. The van der Waals surface area contributed by atoms with Crippen molar-refractivity contribution < 1.29 is 19.3 Å². The highest BCUT2D eigenvalue weighted by atomic mass is 16.5. The number of ether oxygens (including phenoxy) is 3. The summed E-state index contributed by atoms with van der Waals surface area (Å²) in [6.45, 7) is 3.33. The van der Waals surface area contributed by atoms with Gasteiger partial charge in [-0.05, 0) is 18.6 Å². The molecule has 0 aliphatic rings. The fourth-order valence-corrected chi connectivity index (χ4v) is 1.69. The zero-order chi connectivity index (χ0) is 13.4. The first-order valence-corrected chi connectivity index (χ1v) is 6.20. The van der Waals surface area contributed by atoms with Gasteiger partial charge in [-0.15, -0.1) is 0 Å². The van der Waals surface area contributed by atoms with Gasteiger partial charge in [0.25, 0.3) is 0 Å². The molecule has 1 rings (SSSR count). The van der Waals surface area contributed by atoms with Gasteiger partial charge in [0.05, 0.1) is 20.3 Å². The summed E-state index contributed by atoms with van der Waals surface area (Å²) in [6.07, 6.45) is 0.965. The molecule has 102 valence electrons. The standard InChI is InChI=1S/C14H22O4/c1-4-8-18-9-7-13(15)12-6-5-11(16-2)10-14(12)17-3/h5-6,10,13,15H,4,7-9H2,1-3H3. The van der Waals surface area contributed by atoms with Crippen molar-refractivity contribution >= 4 is 0 Å². The van der Waals surface area contributed by atoms with Crippen molar-refractivity contribution in [3.63, 3.8) is 0 Å². The lowest BCUT2D eigenvalue weighted by molar-refractivity contribution is 0.0810. The smallest absolute Gasteiger partial charge is 0.128 e. The monoisotopic (exact) mass is 254 g/mol. The summed E-state index contributed by atoms with van der Waals surface area (Å²) in [7, 11) is 3.18. The number of rotatable bonds is 8. The maximum absolute atomic E-state index is 10.1. The molecule has 0 amide bonds. The maximum Gasteiger partial charge on any atom is 0.128 e. The highest BCUT2D eigenvalue weighted by Crippen LogP contribution is 2.30. The molecule has 0 spiro atoms. The summed E-state index contributed by atoms with van der Waals surface area (Å²) in [5.74, 6) is 1.35. The van der Waals surface area contributed by atoms with E-state index < -0.39 is 6.10 Å². The Morgan fingerprint density at radius 3 is 2.56 bits per heavy atom. The number of hydrogen-bond acceptors (Lipinski definition) is 4. The number of aliphatic hydroxyl groups excluding tert-OH is 1. The first-order valence-electron chi connectivity index (χ1n) is 6.20. The van der Waals surface area contributed by atoms with Crippen molar-refractivity contribution in [2.75, 3.05) is 27.4 Å². The van der Waals surface area contributed by atoms with Crippen LogP contribution in [-0.2, 0) is 4.74 Å². The SMILES string of the molecule is CCCOCCC(O)c1ccc(OC)cc1OC. The lowest BCUT2D eigenvalue weighted by Crippen LogP contribution is -2.05. The molecule has 1 atom stereocenters. The number of hydrogen-bond donors (Lipinski definition) is 1. The van der Waals surface area contributed by atoms with Crippen LogP contribution in [0.15, 0.2) is 18.2 Å². The van der Waals surface area contributed by atoms with Crippen LogP contribution in [0.2, 0.25) is 0 Å². The molecular weight excluding hydrogens is 232 g/mol. The third-order valence-corrected chi connectivity index (χ3v) is 2.68. The number of benzene rings is 1. The van der Waals surface area contributed by atoms with Crippen molar-refractivity contribution in [1.82, 2.24) is 0 Å². The fraction of sp³-hybridized carbons (Fsp3) is 0.571. The molecule has 18 heavy (non-hydrogen) atoms. The van der Waals surface area contributed by atoms with E-state index in [-0.39, 0.29) is 0 Å². The number of aliphatic hydroxyl groups is 1. The Bertz CT molecular complexity index is 352. The van der Waals surface area contributed by atoms with E-state index in [4.69, 9.17) is 14.2 Å². The summed E-state index contributed by atoms with van der Waals surface area (Å²) in [6, 6.07) is 5.40. The molecule has 0 bridgehead atoms. The molecule has 1 unspecified atom stereocenters. The van der Waals surface area contributed by atoms with Crippen LogP contribution < -0.4 is 9.47 Å². The van der Waals surface area contributed by atoms with Gasteiger partial charge < -0.3 is 19.3 Å². The van der Waals surface area contributed by atoms with Gasteiger partial charge in [0.1, 0.15) is 11.5 Å². The second kappa shape index (κ2) is 7.95. The van der Waals surface area contributed by atoms with Gasteiger partial charge in [0, 0.05) is 31.3 Å². The zero-order valence-electron chi connectivity index (χ0n) is 11.3. The second-order valence-electron chi connectivity index (χ2n) is 4.02. The molecule has 0 radical (unpaired) electrons. The van der Waals surface area contributed by atoms with Crippen LogP contribution >= 0.6 is 0 Å². The average molecular weight is 254 g/mol. The molecule has 4 nitrogen and oxygen atoms in total. The van der Waals surface area contributed by atoms with E-state index in [1.807, 2.05) is 12.1 Å². The van der Waals surface area contributed by atoms with Gasteiger partial charge in [-0.2, -0.15) is 0 Å². The minimum Gasteiger partial charge on any atom is -0.497 e. The first-order chi connectivity index (χ1) is 8.72. The molecule has 0 fully saturated rings. The Hall–Kier alpha value is -1.26. The molecule has 0 heterocycles. The Kier molecular flexibility index (Phi) is 6.54. The molecule has 0 saturated heterocycles. The maximum atomic E-state index is 10.1. The van der Waals surface area contributed by atoms with Crippen LogP contribution in [0.3, 0.4) is 0 Å². The van der Waals surface area contributed by atoms with Crippen molar-refractivity contribution in [3.8, 4) is 11.5 Å². The fourth-order valence-electron chi connectivity index (χ4n) is 1.69. The molecule has 1 aromatic rings. The largest absolute Gasteiger partial charge is 0.497 e. The van der Waals surface area contributed by atoms with Crippen molar-refractivity contribution in [1.29, 1.82) is 0 Å². The van der Waals surface area contributed by atoms with Crippen LogP contribution in [0.1, 0.15) is 31.4 Å². The van der Waals surface area contributed by atoms with E-state index in [1.165, 1.54) is 0 Å². The van der Waals surface area contributed by atoms with E-state index in [0.717, 1.165) is 18.6 Å². The van der Waals surface area contributed by atoms with E-state index in [1.54, 1.807) is 20.3 Å². The van der Waals surface area contributed by atoms with E-state index in [0.29, 0.717) is 24.5 Å². The van der Waals surface area contributed by atoms with Gasteiger partial charge in [0.15, 0.2) is 0 Å². The zero-order valence-corrected chi connectivity index (χ0v) is 11.3. The topological polar surface area (TPSA) is 47.9 Å². The molecule has 1 aromatic carbocycles. The van der Waals surface area contributed by atoms with Crippen molar-refractivity contribution in [2.24, 2.45) is 0 Å². The molecule has 0 aromatic heterocycles. The Balaban J connectivity index is 2.63. The Morgan fingerprint density at radius 1 is 1.17 bits per heavy atom. The van der Waals surface area contributed by atoms with Crippen LogP contribution in [0, 0.1) is 0 Å². The Morgan fingerprint density at radius 2 is 1.94 bits per heavy atom.